The molecule has 0 radical (unpaired) electrons. The van der Waals surface area contributed by atoms with Gasteiger partial charge in [0.1, 0.15) is 0 Å². The topological polar surface area (TPSA) is 0 Å². The molecule has 0 amide bonds. The van der Waals surface area contributed by atoms with Crippen molar-refractivity contribution >= 4 is 0 Å². The second kappa shape index (κ2) is 2.54. The highest BCUT2D eigenvalue weighted by atomic mass is 14.2. The molecule has 0 bridgehead atoms. The monoisotopic (exact) mass is 144 g/mol. The fourth-order valence-electron chi connectivity index (χ4n) is 1.65. The van der Waals surface area contributed by atoms with Gasteiger partial charge in [-0.2, -0.15) is 0 Å². The van der Waals surface area contributed by atoms with Crippen molar-refractivity contribution in [2.45, 2.75) is 13.3 Å². The molecule has 2 aliphatic carbocycles. The van der Waals surface area contributed by atoms with Crippen LogP contribution in [0.1, 0.15) is 13.3 Å². The van der Waals surface area contributed by atoms with Crippen LogP contribution in [0.25, 0.3) is 0 Å². The molecule has 0 aromatic carbocycles. The van der Waals surface area contributed by atoms with Crippen LogP contribution in [0, 0.1) is 5.92 Å². The average Bonchev–Trinajstić information content (AvgIpc) is 2.55. The summed E-state index contributed by atoms with van der Waals surface area (Å²) in [7, 11) is 0. The summed E-state index contributed by atoms with van der Waals surface area (Å²) in [6.07, 6.45) is 14.5. The maximum Gasteiger partial charge on any atom is 0.0228 e. The van der Waals surface area contributed by atoms with Gasteiger partial charge < -0.3 is 0 Å². The van der Waals surface area contributed by atoms with E-state index in [4.69, 9.17) is 0 Å². The van der Waals surface area contributed by atoms with Crippen molar-refractivity contribution in [1.82, 2.24) is 0 Å². The third-order valence-corrected chi connectivity index (χ3v) is 2.31. The highest BCUT2D eigenvalue weighted by Gasteiger charge is 2.14. The normalized spacial score (nSPS) is 27.5. The van der Waals surface area contributed by atoms with Crippen LogP contribution in [0.15, 0.2) is 47.6 Å². The van der Waals surface area contributed by atoms with Gasteiger partial charge in [-0.25, -0.2) is 0 Å². The molecule has 1 atom stereocenters. The summed E-state index contributed by atoms with van der Waals surface area (Å²) >= 11 is 0. The maximum atomic E-state index is 2.30. The Labute approximate surface area is 67.6 Å². The van der Waals surface area contributed by atoms with E-state index in [0.29, 0.717) is 5.92 Å². The summed E-state index contributed by atoms with van der Waals surface area (Å²) in [5, 5.41) is 0. The standard InChI is InChI=1S/C11H12/c1-9-5-4-8-11(9)10-6-2-3-7-10/h2,4-8,11H,3H2,1H3. The molecule has 0 N–H and O–H groups in total. The summed E-state index contributed by atoms with van der Waals surface area (Å²) in [5.41, 5.74) is 2.93. The number of allylic oxidation sites excluding steroid dienone is 8. The van der Waals surface area contributed by atoms with Crippen LogP contribution in [0.5, 0.6) is 0 Å². The Morgan fingerprint density at radius 1 is 1.45 bits per heavy atom. The zero-order valence-electron chi connectivity index (χ0n) is 6.75. The smallest absolute Gasteiger partial charge is 0.0228 e. The molecule has 0 heterocycles. The van der Waals surface area contributed by atoms with E-state index in [1.165, 1.54) is 11.1 Å². The van der Waals surface area contributed by atoms with Gasteiger partial charge in [-0.1, -0.05) is 42.0 Å². The fourth-order valence-corrected chi connectivity index (χ4v) is 1.65. The van der Waals surface area contributed by atoms with Crippen molar-refractivity contribution in [3.05, 3.63) is 47.6 Å². The summed E-state index contributed by atoms with van der Waals surface area (Å²) in [6, 6.07) is 0. The van der Waals surface area contributed by atoms with Crippen molar-refractivity contribution in [3.8, 4) is 0 Å². The third kappa shape index (κ3) is 1.09. The van der Waals surface area contributed by atoms with Gasteiger partial charge in [0, 0.05) is 5.92 Å². The fraction of sp³-hybridized carbons (Fsp3) is 0.273. The summed E-state index contributed by atoms with van der Waals surface area (Å²) in [6.45, 7) is 2.19. The molecule has 0 saturated carbocycles. The minimum Gasteiger partial charge on any atom is -0.0804 e. The van der Waals surface area contributed by atoms with Crippen molar-refractivity contribution in [2.24, 2.45) is 5.92 Å². The van der Waals surface area contributed by atoms with Crippen LogP contribution < -0.4 is 0 Å². The Kier molecular flexibility index (Phi) is 1.54. The predicted molar refractivity (Wildman–Crippen MR) is 48.2 cm³/mol. The first-order valence-corrected chi connectivity index (χ1v) is 4.09. The average molecular weight is 144 g/mol. The lowest BCUT2D eigenvalue weighted by Crippen LogP contribution is -1.95. The molecule has 56 valence electrons. The van der Waals surface area contributed by atoms with Gasteiger partial charge >= 0.3 is 0 Å². The Balaban J connectivity index is 2.23. The van der Waals surface area contributed by atoms with Crippen LogP contribution in [-0.4, -0.2) is 0 Å². The molecule has 0 aromatic rings. The largest absolute Gasteiger partial charge is 0.0804 e. The maximum absolute atomic E-state index is 2.30. The number of rotatable bonds is 1. The third-order valence-electron chi connectivity index (χ3n) is 2.31. The van der Waals surface area contributed by atoms with E-state index < -0.39 is 0 Å². The number of hydrogen-bond donors (Lipinski definition) is 0. The van der Waals surface area contributed by atoms with E-state index in [-0.39, 0.29) is 0 Å². The second-order valence-electron chi connectivity index (χ2n) is 3.12. The zero-order chi connectivity index (χ0) is 7.68. The zero-order valence-corrected chi connectivity index (χ0v) is 6.75. The lowest BCUT2D eigenvalue weighted by molar-refractivity contribution is 0.942. The minimum atomic E-state index is 0.578. The summed E-state index contributed by atoms with van der Waals surface area (Å²) in [5.74, 6) is 0.578. The Morgan fingerprint density at radius 2 is 2.36 bits per heavy atom. The highest BCUT2D eigenvalue weighted by molar-refractivity contribution is 5.41. The minimum absolute atomic E-state index is 0.578. The van der Waals surface area contributed by atoms with E-state index in [1.54, 1.807) is 0 Å². The summed E-state index contributed by atoms with van der Waals surface area (Å²) in [4.78, 5) is 0. The molecule has 0 heteroatoms. The molecule has 1 unspecified atom stereocenters. The van der Waals surface area contributed by atoms with E-state index in [2.05, 4.69) is 43.4 Å². The lowest BCUT2D eigenvalue weighted by atomic mass is 9.96. The Morgan fingerprint density at radius 3 is 2.91 bits per heavy atom. The van der Waals surface area contributed by atoms with Crippen LogP contribution in [-0.2, 0) is 0 Å². The van der Waals surface area contributed by atoms with Crippen LogP contribution in [0.4, 0.5) is 0 Å². The van der Waals surface area contributed by atoms with Crippen molar-refractivity contribution < 1.29 is 0 Å². The van der Waals surface area contributed by atoms with Crippen LogP contribution >= 0.6 is 0 Å². The molecular formula is C11H12. The molecule has 2 rings (SSSR count). The summed E-state index contributed by atoms with van der Waals surface area (Å²) < 4.78 is 0. The van der Waals surface area contributed by atoms with Gasteiger partial charge in [0.05, 0.1) is 0 Å². The highest BCUT2D eigenvalue weighted by Crippen LogP contribution is 2.29. The molecule has 0 aromatic heterocycles. The van der Waals surface area contributed by atoms with Gasteiger partial charge in [0.25, 0.3) is 0 Å². The molecule has 0 saturated heterocycles. The van der Waals surface area contributed by atoms with Gasteiger partial charge in [-0.3, -0.25) is 0 Å². The van der Waals surface area contributed by atoms with E-state index in [9.17, 15) is 0 Å². The van der Waals surface area contributed by atoms with Crippen molar-refractivity contribution in [1.29, 1.82) is 0 Å². The molecule has 0 aliphatic heterocycles. The number of hydrogen-bond acceptors (Lipinski definition) is 0. The molecule has 2 aliphatic rings. The lowest BCUT2D eigenvalue weighted by Gasteiger charge is -2.08. The van der Waals surface area contributed by atoms with Gasteiger partial charge in [-0.15, -0.1) is 0 Å². The van der Waals surface area contributed by atoms with Crippen molar-refractivity contribution in [2.75, 3.05) is 0 Å². The first kappa shape index (κ1) is 6.66. The van der Waals surface area contributed by atoms with E-state index in [1.807, 2.05) is 0 Å². The Bertz CT molecular complexity index is 274. The van der Waals surface area contributed by atoms with Crippen molar-refractivity contribution in [3.63, 3.8) is 0 Å². The van der Waals surface area contributed by atoms with Crippen LogP contribution in [0.3, 0.4) is 0 Å². The first-order valence-electron chi connectivity index (χ1n) is 4.09. The first-order chi connectivity index (χ1) is 5.38. The quantitative estimate of drug-likeness (QED) is 0.530. The van der Waals surface area contributed by atoms with Gasteiger partial charge in [-0.05, 0) is 18.9 Å². The SMILES string of the molecule is CC1=CC=CC1C1=CCC=C1. The molecule has 11 heavy (non-hydrogen) atoms. The molecule has 0 spiro atoms. The van der Waals surface area contributed by atoms with E-state index >= 15 is 0 Å². The Hall–Kier alpha value is -1.04. The van der Waals surface area contributed by atoms with Crippen LogP contribution in [0.2, 0.25) is 0 Å². The molecule has 0 nitrogen and oxygen atoms in total. The van der Waals surface area contributed by atoms with Gasteiger partial charge in [0.15, 0.2) is 0 Å². The van der Waals surface area contributed by atoms with Gasteiger partial charge in [0.2, 0.25) is 0 Å². The molecule has 0 fully saturated rings. The second-order valence-corrected chi connectivity index (χ2v) is 3.12. The van der Waals surface area contributed by atoms with E-state index in [0.717, 1.165) is 6.42 Å². The molecular weight excluding hydrogens is 132 g/mol. The predicted octanol–water partition coefficient (Wildman–Crippen LogP) is 3.01.